The van der Waals surface area contributed by atoms with Crippen LogP contribution in [0.3, 0.4) is 0 Å². The summed E-state index contributed by atoms with van der Waals surface area (Å²) < 4.78 is 0. The topological polar surface area (TPSA) is 3.24 Å². The maximum absolute atomic E-state index is 2.21. The molecule has 0 bridgehead atoms. The third-order valence-electron chi connectivity index (χ3n) is 1.19. The second-order valence-electron chi connectivity index (χ2n) is 2.70. The van der Waals surface area contributed by atoms with Crippen molar-refractivity contribution in [1.82, 2.24) is 4.90 Å². The van der Waals surface area contributed by atoms with Crippen molar-refractivity contribution in [3.05, 3.63) is 23.9 Å². The van der Waals surface area contributed by atoms with Crippen LogP contribution < -0.4 is 0 Å². The molecule has 10 heavy (non-hydrogen) atoms. The molecule has 0 heterocycles. The Labute approximate surface area is 64.0 Å². The van der Waals surface area contributed by atoms with E-state index in [1.165, 1.54) is 5.57 Å². The lowest BCUT2D eigenvalue weighted by Gasteiger charge is -2.09. The fraction of sp³-hybridized carbons (Fsp3) is 0.556. The molecule has 0 amide bonds. The first-order valence-electron chi connectivity index (χ1n) is 3.63. The average molecular weight is 139 g/mol. The van der Waals surface area contributed by atoms with Crippen molar-refractivity contribution >= 4 is 0 Å². The summed E-state index contributed by atoms with van der Waals surface area (Å²) in [6.45, 7) is 7.26. The van der Waals surface area contributed by atoms with Crippen LogP contribution in [0.1, 0.15) is 20.8 Å². The van der Waals surface area contributed by atoms with Crippen molar-refractivity contribution in [2.45, 2.75) is 20.8 Å². The summed E-state index contributed by atoms with van der Waals surface area (Å²) in [5.41, 5.74) is 1.37. The highest BCUT2D eigenvalue weighted by Gasteiger charge is 1.83. The van der Waals surface area contributed by atoms with Gasteiger partial charge in [-0.1, -0.05) is 17.7 Å². The number of hydrogen-bond acceptors (Lipinski definition) is 1. The summed E-state index contributed by atoms with van der Waals surface area (Å²) >= 11 is 0. The summed E-state index contributed by atoms with van der Waals surface area (Å²) in [7, 11) is 2.07. The van der Waals surface area contributed by atoms with E-state index in [4.69, 9.17) is 0 Å². The first kappa shape index (κ1) is 9.28. The summed E-state index contributed by atoms with van der Waals surface area (Å²) in [5.74, 6) is 0. The quantitative estimate of drug-likeness (QED) is 0.543. The molecule has 0 aromatic carbocycles. The number of nitrogens with zero attached hydrogens (tertiary/aromatic N) is 1. The van der Waals surface area contributed by atoms with Gasteiger partial charge in [-0.3, -0.25) is 0 Å². The molecule has 1 heteroatoms. The average Bonchev–Trinajstić information content (AvgIpc) is 1.85. The Bertz CT molecular complexity index is 130. The van der Waals surface area contributed by atoms with Crippen molar-refractivity contribution in [1.29, 1.82) is 0 Å². The molecule has 0 aliphatic carbocycles. The first-order chi connectivity index (χ1) is 4.66. The van der Waals surface area contributed by atoms with Gasteiger partial charge in [0.2, 0.25) is 0 Å². The molecule has 58 valence electrons. The van der Waals surface area contributed by atoms with Gasteiger partial charge in [-0.15, -0.1) is 0 Å². The summed E-state index contributed by atoms with van der Waals surface area (Å²) in [5, 5.41) is 0. The second kappa shape index (κ2) is 5.10. The Morgan fingerprint density at radius 2 is 2.00 bits per heavy atom. The number of hydrogen-bond donors (Lipinski definition) is 0. The van der Waals surface area contributed by atoms with E-state index >= 15 is 0 Å². The molecule has 0 rings (SSSR count). The zero-order chi connectivity index (χ0) is 7.98. The molecular formula is C9H17N. The predicted octanol–water partition coefficient (Wildman–Crippen LogP) is 2.42. The van der Waals surface area contributed by atoms with Crippen LogP contribution in [0.25, 0.3) is 0 Å². The predicted molar refractivity (Wildman–Crippen MR) is 46.9 cm³/mol. The minimum absolute atomic E-state index is 1.01. The van der Waals surface area contributed by atoms with Gasteiger partial charge in [0.05, 0.1) is 0 Å². The van der Waals surface area contributed by atoms with Crippen LogP contribution in [0.5, 0.6) is 0 Å². The van der Waals surface area contributed by atoms with Gasteiger partial charge in [-0.05, 0) is 27.0 Å². The first-order valence-corrected chi connectivity index (χ1v) is 3.63. The molecule has 1 nitrogen and oxygen atoms in total. The Balaban J connectivity index is 3.59. The van der Waals surface area contributed by atoms with E-state index in [2.05, 4.69) is 38.1 Å². The van der Waals surface area contributed by atoms with Gasteiger partial charge in [-0.25, -0.2) is 0 Å². The van der Waals surface area contributed by atoms with Crippen LogP contribution in [0.4, 0.5) is 0 Å². The fourth-order valence-corrected chi connectivity index (χ4v) is 0.642. The van der Waals surface area contributed by atoms with Crippen LogP contribution in [0.15, 0.2) is 23.9 Å². The second-order valence-corrected chi connectivity index (χ2v) is 2.70. The molecule has 0 spiro atoms. The van der Waals surface area contributed by atoms with E-state index in [0.29, 0.717) is 0 Å². The molecule has 0 aliphatic rings. The maximum atomic E-state index is 2.21. The zero-order valence-electron chi connectivity index (χ0n) is 7.39. The minimum Gasteiger partial charge on any atom is -0.377 e. The molecule has 0 unspecified atom stereocenters. The van der Waals surface area contributed by atoms with E-state index < -0.39 is 0 Å². The van der Waals surface area contributed by atoms with E-state index in [1.807, 2.05) is 13.0 Å². The monoisotopic (exact) mass is 139 g/mol. The van der Waals surface area contributed by atoms with Gasteiger partial charge in [0.15, 0.2) is 0 Å². The maximum Gasteiger partial charge on any atom is 0.0353 e. The van der Waals surface area contributed by atoms with Gasteiger partial charge >= 0.3 is 0 Å². The molecule has 0 saturated heterocycles. The Hall–Kier alpha value is -0.720. The summed E-state index contributed by atoms with van der Waals surface area (Å²) in [6, 6.07) is 0. The summed E-state index contributed by atoms with van der Waals surface area (Å²) in [4.78, 5) is 2.15. The van der Waals surface area contributed by atoms with Gasteiger partial charge in [-0.2, -0.15) is 0 Å². The van der Waals surface area contributed by atoms with Gasteiger partial charge < -0.3 is 4.90 Å². The Morgan fingerprint density at radius 1 is 1.40 bits per heavy atom. The van der Waals surface area contributed by atoms with Crippen molar-refractivity contribution in [2.24, 2.45) is 0 Å². The van der Waals surface area contributed by atoms with Gasteiger partial charge in [0.1, 0.15) is 0 Å². The van der Waals surface area contributed by atoms with Crippen LogP contribution in [-0.4, -0.2) is 18.5 Å². The number of allylic oxidation sites excluding steroid dienone is 2. The van der Waals surface area contributed by atoms with Gasteiger partial charge in [0.25, 0.3) is 0 Å². The molecule has 0 N–H and O–H groups in total. The molecule has 0 saturated carbocycles. The Kier molecular flexibility index (Phi) is 4.73. The molecule has 0 aromatic heterocycles. The summed E-state index contributed by atoms with van der Waals surface area (Å²) in [6.07, 6.45) is 6.32. The van der Waals surface area contributed by atoms with Crippen molar-refractivity contribution in [3.8, 4) is 0 Å². The lowest BCUT2D eigenvalue weighted by atomic mass is 10.3. The smallest absolute Gasteiger partial charge is 0.0353 e. The van der Waals surface area contributed by atoms with E-state index in [0.717, 1.165) is 6.54 Å². The lowest BCUT2D eigenvalue weighted by molar-refractivity contribution is 0.507. The highest BCUT2D eigenvalue weighted by Crippen LogP contribution is 1.91. The standard InChI is InChI=1S/C9H17N/c1-5-7-10(4)8-6-9(2)3/h5-7H,8H2,1-4H3/b7-5-. The van der Waals surface area contributed by atoms with Crippen LogP contribution in [-0.2, 0) is 0 Å². The molecule has 0 aliphatic heterocycles. The number of rotatable bonds is 3. The third-order valence-corrected chi connectivity index (χ3v) is 1.19. The molecule has 0 aromatic rings. The van der Waals surface area contributed by atoms with Crippen molar-refractivity contribution < 1.29 is 0 Å². The number of likely N-dealkylation sites (N-methyl/N-ethyl adjacent to an activating group) is 1. The van der Waals surface area contributed by atoms with Crippen molar-refractivity contribution in [2.75, 3.05) is 13.6 Å². The van der Waals surface area contributed by atoms with Crippen LogP contribution in [0.2, 0.25) is 0 Å². The van der Waals surface area contributed by atoms with Gasteiger partial charge in [0, 0.05) is 13.6 Å². The SMILES string of the molecule is C/C=C\N(C)CC=C(C)C. The normalized spacial score (nSPS) is 10.0. The van der Waals surface area contributed by atoms with Crippen LogP contribution >= 0.6 is 0 Å². The largest absolute Gasteiger partial charge is 0.377 e. The van der Waals surface area contributed by atoms with Crippen LogP contribution in [0, 0.1) is 0 Å². The lowest BCUT2D eigenvalue weighted by Crippen LogP contribution is -2.09. The Morgan fingerprint density at radius 3 is 2.40 bits per heavy atom. The minimum atomic E-state index is 1.01. The molecule has 0 radical (unpaired) electrons. The third kappa shape index (κ3) is 5.42. The highest BCUT2D eigenvalue weighted by molar-refractivity contribution is 4.96. The van der Waals surface area contributed by atoms with E-state index in [-0.39, 0.29) is 0 Å². The zero-order valence-corrected chi connectivity index (χ0v) is 7.39. The molecule has 0 atom stereocenters. The van der Waals surface area contributed by atoms with Crippen molar-refractivity contribution in [3.63, 3.8) is 0 Å². The van der Waals surface area contributed by atoms with E-state index in [9.17, 15) is 0 Å². The highest BCUT2D eigenvalue weighted by atomic mass is 15.1. The molecular weight excluding hydrogens is 122 g/mol. The van der Waals surface area contributed by atoms with E-state index in [1.54, 1.807) is 0 Å². The fourth-order valence-electron chi connectivity index (χ4n) is 0.642. The molecule has 0 fully saturated rings.